The van der Waals surface area contributed by atoms with E-state index in [4.69, 9.17) is 15.6 Å². The number of aliphatic hydroxyl groups excluding tert-OH is 2. The molecule has 25 heavy (non-hydrogen) atoms. The van der Waals surface area contributed by atoms with Crippen molar-refractivity contribution in [2.24, 2.45) is 0 Å². The van der Waals surface area contributed by atoms with Gasteiger partial charge in [-0.3, -0.25) is 4.57 Å². The van der Waals surface area contributed by atoms with Gasteiger partial charge in [0.1, 0.15) is 12.2 Å². The first-order chi connectivity index (χ1) is 12.0. The highest BCUT2D eigenvalue weighted by molar-refractivity contribution is 5.59. The topological polar surface area (TPSA) is 123 Å². The molecule has 8 nitrogen and oxygen atoms in total. The Morgan fingerprint density at radius 2 is 2.08 bits per heavy atom. The number of alkyl halides is 1. The van der Waals surface area contributed by atoms with E-state index in [9.17, 15) is 14.3 Å². The van der Waals surface area contributed by atoms with Gasteiger partial charge < -0.3 is 26.0 Å². The lowest BCUT2D eigenvalue weighted by molar-refractivity contribution is -0.0490. The summed E-state index contributed by atoms with van der Waals surface area (Å²) in [5.74, 6) is -0.0233. The molecule has 1 saturated heterocycles. The normalized spacial score (nSPS) is 25.9. The van der Waals surface area contributed by atoms with Crippen LogP contribution < -0.4 is 16.7 Å². The van der Waals surface area contributed by atoms with Crippen LogP contribution in [0.2, 0.25) is 0 Å². The van der Waals surface area contributed by atoms with Gasteiger partial charge in [0, 0.05) is 12.7 Å². The molecule has 0 saturated carbocycles. The number of nitrogens with two attached hydrogens (primary N) is 1. The van der Waals surface area contributed by atoms with E-state index in [1.54, 1.807) is 0 Å². The molecular formula is C16H19FN4O4. The number of aliphatic hydroxyl groups is 2. The first kappa shape index (κ1) is 17.3. The van der Waals surface area contributed by atoms with Crippen molar-refractivity contribution < 1.29 is 19.3 Å². The van der Waals surface area contributed by atoms with Crippen LogP contribution in [0, 0.1) is 0 Å². The number of ether oxygens (including phenoxy) is 1. The zero-order chi connectivity index (χ0) is 18.0. The highest BCUT2D eigenvalue weighted by Crippen LogP contribution is 2.31. The van der Waals surface area contributed by atoms with Gasteiger partial charge in [0.2, 0.25) is 0 Å². The Hall–Kier alpha value is -2.49. The number of nitrogens with zero attached hydrogens (tertiary/aromatic N) is 2. The molecule has 5 N–H and O–H groups in total. The van der Waals surface area contributed by atoms with E-state index in [1.165, 1.54) is 6.20 Å². The van der Waals surface area contributed by atoms with Crippen LogP contribution in [0.25, 0.3) is 0 Å². The third-order valence-electron chi connectivity index (χ3n) is 4.05. The fraction of sp³-hybridized carbons (Fsp3) is 0.375. The van der Waals surface area contributed by atoms with Gasteiger partial charge in [-0.25, -0.2) is 9.18 Å². The Morgan fingerprint density at radius 3 is 2.72 bits per heavy atom. The van der Waals surface area contributed by atoms with E-state index in [0.717, 1.165) is 10.1 Å². The molecule has 0 bridgehead atoms. The Labute approximate surface area is 142 Å². The standard InChI is InChI=1S/C16H19FN4O4/c17-12-13(23)11(8-22)25-15(12)21-7-10(14(18)20-16(21)24)19-6-9-4-2-1-3-5-9/h1-5,7,11-13,15,19,22-23H,6,8H2,(H2,18,20,24)/t11-,12+,13-,15-/m1/s1. The van der Waals surface area contributed by atoms with E-state index in [0.29, 0.717) is 12.2 Å². The van der Waals surface area contributed by atoms with Gasteiger partial charge in [-0.05, 0) is 5.56 Å². The average Bonchev–Trinajstić information content (AvgIpc) is 2.90. The second-order valence-corrected chi connectivity index (χ2v) is 5.75. The number of benzene rings is 1. The van der Waals surface area contributed by atoms with Gasteiger partial charge in [-0.15, -0.1) is 0 Å². The maximum absolute atomic E-state index is 14.2. The molecule has 2 aromatic rings. The summed E-state index contributed by atoms with van der Waals surface area (Å²) in [7, 11) is 0. The minimum absolute atomic E-state index is 0.0233. The lowest BCUT2D eigenvalue weighted by Gasteiger charge is -2.18. The number of rotatable bonds is 5. The third-order valence-corrected chi connectivity index (χ3v) is 4.05. The molecule has 0 aliphatic carbocycles. The minimum atomic E-state index is -1.87. The van der Waals surface area contributed by atoms with Crippen molar-refractivity contribution in [3.63, 3.8) is 0 Å². The van der Waals surface area contributed by atoms with Crippen molar-refractivity contribution in [3.8, 4) is 0 Å². The zero-order valence-electron chi connectivity index (χ0n) is 13.2. The summed E-state index contributed by atoms with van der Waals surface area (Å²) in [6.07, 6.45) is -4.59. The van der Waals surface area contributed by atoms with Crippen LogP contribution in [0.15, 0.2) is 41.3 Å². The Balaban J connectivity index is 1.85. The number of hydrogen-bond donors (Lipinski definition) is 4. The predicted molar refractivity (Wildman–Crippen MR) is 88.6 cm³/mol. The molecule has 3 rings (SSSR count). The third kappa shape index (κ3) is 3.48. The molecule has 0 amide bonds. The van der Waals surface area contributed by atoms with Crippen molar-refractivity contribution in [1.29, 1.82) is 0 Å². The molecule has 0 radical (unpaired) electrons. The van der Waals surface area contributed by atoms with E-state index < -0.39 is 36.9 Å². The van der Waals surface area contributed by atoms with Crippen LogP contribution in [0.3, 0.4) is 0 Å². The number of halogens is 1. The van der Waals surface area contributed by atoms with E-state index in [-0.39, 0.29) is 5.82 Å². The Bertz CT molecular complexity index is 785. The summed E-state index contributed by atoms with van der Waals surface area (Å²) in [4.78, 5) is 15.7. The quantitative estimate of drug-likeness (QED) is 0.600. The van der Waals surface area contributed by atoms with Crippen LogP contribution in [-0.2, 0) is 11.3 Å². The molecule has 1 aliphatic rings. The number of hydrogen-bond acceptors (Lipinski definition) is 7. The van der Waals surface area contributed by atoms with Crippen LogP contribution in [0.4, 0.5) is 15.9 Å². The summed E-state index contributed by atoms with van der Waals surface area (Å²) in [6.45, 7) is -0.133. The summed E-state index contributed by atoms with van der Waals surface area (Å²) in [5, 5.41) is 21.9. The molecule has 4 atom stereocenters. The van der Waals surface area contributed by atoms with E-state index >= 15 is 0 Å². The lowest BCUT2D eigenvalue weighted by Crippen LogP contribution is -2.34. The second kappa shape index (κ2) is 7.18. The SMILES string of the molecule is Nc1nc(=O)n([C@@H]2O[C@H](CO)[C@@H](O)[C@@H]2F)cc1NCc1ccccc1. The first-order valence-electron chi connectivity index (χ1n) is 7.76. The maximum atomic E-state index is 14.2. The van der Waals surface area contributed by atoms with Crippen molar-refractivity contribution in [1.82, 2.24) is 9.55 Å². The number of nitrogen functional groups attached to an aromatic ring is 1. The molecule has 1 aromatic carbocycles. The van der Waals surface area contributed by atoms with Crippen molar-refractivity contribution in [2.45, 2.75) is 31.2 Å². The molecule has 134 valence electrons. The monoisotopic (exact) mass is 350 g/mol. The van der Waals surface area contributed by atoms with Crippen molar-refractivity contribution >= 4 is 11.5 Å². The molecule has 0 unspecified atom stereocenters. The molecule has 0 spiro atoms. The predicted octanol–water partition coefficient (Wildman–Crippen LogP) is 0.0263. The highest BCUT2D eigenvalue weighted by Gasteiger charge is 2.45. The number of anilines is 2. The second-order valence-electron chi connectivity index (χ2n) is 5.75. The minimum Gasteiger partial charge on any atom is -0.394 e. The van der Waals surface area contributed by atoms with E-state index in [1.807, 2.05) is 30.3 Å². The Morgan fingerprint density at radius 1 is 1.36 bits per heavy atom. The fourth-order valence-corrected chi connectivity index (χ4v) is 2.67. The molecule has 2 heterocycles. The van der Waals surface area contributed by atoms with Gasteiger partial charge >= 0.3 is 5.69 Å². The van der Waals surface area contributed by atoms with Gasteiger partial charge in [0.05, 0.1) is 12.3 Å². The van der Waals surface area contributed by atoms with E-state index in [2.05, 4.69) is 10.3 Å². The summed E-state index contributed by atoms with van der Waals surface area (Å²) < 4.78 is 20.4. The Kier molecular flexibility index (Phi) is 4.98. The van der Waals surface area contributed by atoms with Gasteiger partial charge in [-0.1, -0.05) is 30.3 Å². The maximum Gasteiger partial charge on any atom is 0.351 e. The molecule has 1 fully saturated rings. The molecule has 9 heteroatoms. The van der Waals surface area contributed by atoms with Crippen molar-refractivity contribution in [2.75, 3.05) is 17.7 Å². The van der Waals surface area contributed by atoms with Gasteiger partial charge in [-0.2, -0.15) is 4.98 Å². The zero-order valence-corrected chi connectivity index (χ0v) is 13.2. The van der Waals surface area contributed by atoms with Crippen LogP contribution in [-0.4, -0.2) is 44.8 Å². The average molecular weight is 350 g/mol. The molecular weight excluding hydrogens is 331 g/mol. The smallest absolute Gasteiger partial charge is 0.351 e. The molecule has 1 aromatic heterocycles. The first-order valence-corrected chi connectivity index (χ1v) is 7.76. The van der Waals surface area contributed by atoms with Gasteiger partial charge in [0.25, 0.3) is 0 Å². The van der Waals surface area contributed by atoms with Crippen molar-refractivity contribution in [3.05, 3.63) is 52.6 Å². The summed E-state index contributed by atoms with van der Waals surface area (Å²) >= 11 is 0. The van der Waals surface area contributed by atoms with Crippen LogP contribution in [0.1, 0.15) is 11.8 Å². The molecule has 1 aliphatic heterocycles. The largest absolute Gasteiger partial charge is 0.394 e. The summed E-state index contributed by atoms with van der Waals surface area (Å²) in [5.41, 5.74) is 6.27. The highest BCUT2D eigenvalue weighted by atomic mass is 19.1. The summed E-state index contributed by atoms with van der Waals surface area (Å²) in [6, 6.07) is 9.48. The van der Waals surface area contributed by atoms with Crippen LogP contribution >= 0.6 is 0 Å². The lowest BCUT2D eigenvalue weighted by atomic mass is 10.1. The van der Waals surface area contributed by atoms with Crippen LogP contribution in [0.5, 0.6) is 0 Å². The number of aromatic nitrogens is 2. The number of nitrogens with one attached hydrogen (secondary N) is 1. The fourth-order valence-electron chi connectivity index (χ4n) is 2.67. The van der Waals surface area contributed by atoms with Gasteiger partial charge in [0.15, 0.2) is 18.2 Å².